The van der Waals surface area contributed by atoms with Crippen LogP contribution in [-0.4, -0.2) is 95.3 Å². The van der Waals surface area contributed by atoms with Gasteiger partial charge < -0.3 is 29.7 Å². The van der Waals surface area contributed by atoms with E-state index < -0.39 is 30.3 Å². The van der Waals surface area contributed by atoms with Crippen molar-refractivity contribution >= 4 is 17.5 Å². The van der Waals surface area contributed by atoms with Gasteiger partial charge in [0, 0.05) is 42.8 Å². The number of alkyl halides is 3. The lowest BCUT2D eigenvalue weighted by Crippen LogP contribution is -2.48. The molecule has 4 fully saturated rings. The second-order valence-electron chi connectivity index (χ2n) is 13.4. The van der Waals surface area contributed by atoms with E-state index in [9.17, 15) is 27.9 Å². The summed E-state index contributed by atoms with van der Waals surface area (Å²) in [6.45, 7) is 7.26. The van der Waals surface area contributed by atoms with Gasteiger partial charge in [-0.3, -0.25) is 14.5 Å². The van der Waals surface area contributed by atoms with Gasteiger partial charge in [-0.2, -0.15) is 13.2 Å². The number of hydrogen-bond donors (Lipinski definition) is 2. The number of nitrogens with one attached hydrogen (secondary N) is 1. The Hall–Kier alpha value is -3.03. The van der Waals surface area contributed by atoms with E-state index in [2.05, 4.69) is 22.0 Å². The zero-order chi connectivity index (χ0) is 33.1. The first-order valence-electron chi connectivity index (χ1n) is 16.9. The van der Waals surface area contributed by atoms with E-state index in [1.54, 1.807) is 24.3 Å². The standard InChI is InChI=1S/C35H45F3N4O5/c1-23-30(21-41-18-4-6-28(41)20-40-16-2-3-17-40)46-33(47-31(23)25-10-8-24(22-43)9-11-25)26-12-14-27(15-13-26)39-32(44)29-7-5-19-42(29)34(45)35(36,37)38/h8-15,23,28-31,33,43H,2-7,16-22H2,1H3,(H,39,44). The van der Waals surface area contributed by atoms with Crippen LogP contribution in [0, 0.1) is 5.92 Å². The Morgan fingerprint density at radius 1 is 0.872 bits per heavy atom. The molecule has 47 heavy (non-hydrogen) atoms. The summed E-state index contributed by atoms with van der Waals surface area (Å²) >= 11 is 0. The van der Waals surface area contributed by atoms with Crippen LogP contribution in [-0.2, 0) is 25.7 Å². The van der Waals surface area contributed by atoms with Gasteiger partial charge in [0.25, 0.3) is 0 Å². The number of carbonyl (C=O) groups excluding carboxylic acids is 2. The second-order valence-corrected chi connectivity index (χ2v) is 13.4. The number of ether oxygens (including phenoxy) is 2. The molecule has 2 amide bonds. The second kappa shape index (κ2) is 14.6. The number of hydrogen-bond acceptors (Lipinski definition) is 7. The van der Waals surface area contributed by atoms with Crippen LogP contribution in [0.2, 0.25) is 0 Å². The predicted molar refractivity (Wildman–Crippen MR) is 169 cm³/mol. The van der Waals surface area contributed by atoms with Crippen LogP contribution >= 0.6 is 0 Å². The molecule has 6 rings (SSSR count). The van der Waals surface area contributed by atoms with Crippen molar-refractivity contribution in [3.63, 3.8) is 0 Å². The Balaban J connectivity index is 1.16. The van der Waals surface area contributed by atoms with Crippen LogP contribution in [0.15, 0.2) is 48.5 Å². The molecule has 0 aliphatic carbocycles. The van der Waals surface area contributed by atoms with Crippen LogP contribution in [0.5, 0.6) is 0 Å². The molecule has 2 aromatic rings. The van der Waals surface area contributed by atoms with Crippen molar-refractivity contribution in [3.05, 3.63) is 65.2 Å². The van der Waals surface area contributed by atoms with Crippen LogP contribution in [0.3, 0.4) is 0 Å². The van der Waals surface area contributed by atoms with Gasteiger partial charge in [-0.1, -0.05) is 43.3 Å². The molecule has 6 unspecified atom stereocenters. The fourth-order valence-electron chi connectivity index (χ4n) is 7.56. The van der Waals surface area contributed by atoms with Crippen LogP contribution in [0.1, 0.15) is 74.5 Å². The minimum Gasteiger partial charge on any atom is -0.392 e. The van der Waals surface area contributed by atoms with Gasteiger partial charge in [-0.05, 0) is 81.4 Å². The highest BCUT2D eigenvalue weighted by Gasteiger charge is 2.48. The van der Waals surface area contributed by atoms with Gasteiger partial charge in [0.15, 0.2) is 6.29 Å². The van der Waals surface area contributed by atoms with Crippen molar-refractivity contribution in [1.82, 2.24) is 14.7 Å². The summed E-state index contributed by atoms with van der Waals surface area (Å²) in [4.78, 5) is 30.5. The van der Waals surface area contributed by atoms with E-state index in [0.717, 1.165) is 36.3 Å². The zero-order valence-electron chi connectivity index (χ0n) is 26.8. The van der Waals surface area contributed by atoms with E-state index >= 15 is 0 Å². The SMILES string of the molecule is CC1C(CN2CCCC2CN2CCCC2)OC(c2ccc(NC(=O)C3CCCN3C(=O)C(F)(F)F)cc2)OC1c1ccc(CO)cc1. The number of aliphatic hydroxyl groups is 1. The highest BCUT2D eigenvalue weighted by atomic mass is 19.4. The first kappa shape index (κ1) is 33.9. The van der Waals surface area contributed by atoms with E-state index in [4.69, 9.17) is 9.47 Å². The number of likely N-dealkylation sites (tertiary alicyclic amines) is 3. The van der Waals surface area contributed by atoms with Crippen molar-refractivity contribution in [2.45, 2.75) is 88.8 Å². The molecule has 6 atom stereocenters. The molecule has 256 valence electrons. The monoisotopic (exact) mass is 658 g/mol. The van der Waals surface area contributed by atoms with Gasteiger partial charge in [0.05, 0.1) is 18.8 Å². The summed E-state index contributed by atoms with van der Waals surface area (Å²) < 4.78 is 52.5. The third kappa shape index (κ3) is 7.83. The number of halogens is 3. The number of amides is 2. The first-order valence-corrected chi connectivity index (χ1v) is 16.9. The number of aliphatic hydroxyl groups excluding tert-OH is 1. The maximum atomic E-state index is 13.1. The number of anilines is 1. The summed E-state index contributed by atoms with van der Waals surface area (Å²) in [5.41, 5.74) is 2.98. The summed E-state index contributed by atoms with van der Waals surface area (Å²) in [5, 5.41) is 12.3. The number of benzene rings is 2. The summed E-state index contributed by atoms with van der Waals surface area (Å²) in [6, 6.07) is 14.1. The molecule has 4 aliphatic rings. The molecule has 12 heteroatoms. The Labute approximate surface area is 274 Å². The molecule has 2 aromatic carbocycles. The van der Waals surface area contributed by atoms with Gasteiger partial charge >= 0.3 is 12.1 Å². The average Bonchev–Trinajstić information content (AvgIpc) is 3.85. The summed E-state index contributed by atoms with van der Waals surface area (Å²) in [5.74, 6) is -2.59. The molecule has 2 N–H and O–H groups in total. The summed E-state index contributed by atoms with van der Waals surface area (Å²) in [6.07, 6.45) is -0.698. The van der Waals surface area contributed by atoms with Gasteiger partial charge in [-0.15, -0.1) is 0 Å². The Bertz CT molecular complexity index is 1370. The van der Waals surface area contributed by atoms with Crippen molar-refractivity contribution in [3.8, 4) is 0 Å². The lowest BCUT2D eigenvalue weighted by molar-refractivity contribution is -0.276. The maximum absolute atomic E-state index is 13.1. The van der Waals surface area contributed by atoms with Crippen molar-refractivity contribution in [2.24, 2.45) is 5.92 Å². The topological polar surface area (TPSA) is 94.6 Å². The molecule has 9 nitrogen and oxygen atoms in total. The van der Waals surface area contributed by atoms with Crippen molar-refractivity contribution in [2.75, 3.05) is 44.6 Å². The molecule has 0 bridgehead atoms. The Morgan fingerprint density at radius 2 is 1.55 bits per heavy atom. The van der Waals surface area contributed by atoms with Gasteiger partial charge in [0.1, 0.15) is 6.04 Å². The Morgan fingerprint density at radius 3 is 2.23 bits per heavy atom. The highest BCUT2D eigenvalue weighted by molar-refractivity contribution is 5.98. The van der Waals surface area contributed by atoms with Crippen molar-refractivity contribution < 1.29 is 37.3 Å². The smallest absolute Gasteiger partial charge is 0.392 e. The maximum Gasteiger partial charge on any atom is 0.471 e. The van der Waals surface area contributed by atoms with Crippen molar-refractivity contribution in [1.29, 1.82) is 0 Å². The van der Waals surface area contributed by atoms with Crippen LogP contribution < -0.4 is 5.32 Å². The molecule has 0 aromatic heterocycles. The fourth-order valence-corrected chi connectivity index (χ4v) is 7.56. The molecular formula is C35H45F3N4O5. The van der Waals surface area contributed by atoms with E-state index in [0.29, 0.717) is 23.0 Å². The van der Waals surface area contributed by atoms with E-state index in [-0.39, 0.29) is 37.7 Å². The number of rotatable bonds is 9. The lowest BCUT2D eigenvalue weighted by atomic mass is 9.90. The number of nitrogens with zero attached hydrogens (tertiary/aromatic N) is 3. The van der Waals surface area contributed by atoms with Gasteiger partial charge in [0.2, 0.25) is 5.91 Å². The van der Waals surface area contributed by atoms with E-state index in [1.165, 1.54) is 38.8 Å². The molecule has 0 radical (unpaired) electrons. The predicted octanol–water partition coefficient (Wildman–Crippen LogP) is 5.02. The molecule has 4 aliphatic heterocycles. The molecule has 0 saturated carbocycles. The minimum absolute atomic E-state index is 0.0383. The molecule has 0 spiro atoms. The summed E-state index contributed by atoms with van der Waals surface area (Å²) in [7, 11) is 0. The molecular weight excluding hydrogens is 613 g/mol. The lowest BCUT2D eigenvalue weighted by Gasteiger charge is -2.43. The third-order valence-electron chi connectivity index (χ3n) is 10.2. The largest absolute Gasteiger partial charge is 0.471 e. The van der Waals surface area contributed by atoms with E-state index in [1.807, 2.05) is 24.3 Å². The number of carbonyl (C=O) groups is 2. The average molecular weight is 659 g/mol. The van der Waals surface area contributed by atoms with Crippen LogP contribution in [0.25, 0.3) is 0 Å². The highest BCUT2D eigenvalue weighted by Crippen LogP contribution is 2.42. The fraction of sp³-hybridized carbons (Fsp3) is 0.600. The molecule has 4 heterocycles. The molecule has 4 saturated heterocycles. The zero-order valence-corrected chi connectivity index (χ0v) is 26.8. The Kier molecular flexibility index (Phi) is 10.5. The minimum atomic E-state index is -5.03. The van der Waals surface area contributed by atoms with Crippen LogP contribution in [0.4, 0.5) is 18.9 Å². The first-order chi connectivity index (χ1) is 22.6. The third-order valence-corrected chi connectivity index (χ3v) is 10.2. The quantitative estimate of drug-likeness (QED) is 0.391. The van der Waals surface area contributed by atoms with Gasteiger partial charge in [-0.25, -0.2) is 0 Å². The normalized spacial score (nSPS) is 29.0.